The summed E-state index contributed by atoms with van der Waals surface area (Å²) in [7, 11) is 0. The lowest BCUT2D eigenvalue weighted by atomic mass is 10.1. The summed E-state index contributed by atoms with van der Waals surface area (Å²) >= 11 is 0. The van der Waals surface area contributed by atoms with Gasteiger partial charge in [0.15, 0.2) is 23.9 Å². The van der Waals surface area contributed by atoms with Crippen LogP contribution in [0.5, 0.6) is 0 Å². The third kappa shape index (κ3) is 2.12. The molecule has 2 aliphatic heterocycles. The number of aromatic nitrogens is 4. The molecule has 2 fully saturated rings. The minimum atomic E-state index is -0.699. The van der Waals surface area contributed by atoms with Gasteiger partial charge in [0.2, 0.25) is 0 Å². The number of aldehydes is 1. The van der Waals surface area contributed by atoms with Crippen LogP contribution < -0.4 is 5.73 Å². The Hall–Kier alpha value is -2.10. The third-order valence-corrected chi connectivity index (χ3v) is 4.43. The molecule has 2 aromatic rings. The van der Waals surface area contributed by atoms with E-state index in [-0.39, 0.29) is 29.8 Å². The lowest BCUT2D eigenvalue weighted by Gasteiger charge is -2.24. The molecule has 0 aliphatic carbocycles. The third-order valence-electron chi connectivity index (χ3n) is 4.43. The zero-order chi connectivity index (χ0) is 17.1. The molecule has 2 N–H and O–H groups in total. The molecule has 4 rings (SSSR count). The van der Waals surface area contributed by atoms with Gasteiger partial charge in [-0.15, -0.1) is 0 Å². The molecule has 0 unspecified atom stereocenters. The molecule has 2 aromatic heterocycles. The fourth-order valence-corrected chi connectivity index (χ4v) is 3.47. The van der Waals surface area contributed by atoms with Crippen LogP contribution in [0.2, 0.25) is 0 Å². The molecule has 2 aliphatic rings. The number of nitrogens with zero attached hydrogens (tertiary/aromatic N) is 4. The number of carbonyl (C=O) groups is 1. The molecule has 9 heteroatoms. The van der Waals surface area contributed by atoms with E-state index < -0.39 is 12.0 Å². The van der Waals surface area contributed by atoms with Gasteiger partial charge >= 0.3 is 0 Å². The Balaban J connectivity index is 1.83. The van der Waals surface area contributed by atoms with Crippen LogP contribution in [0.1, 0.15) is 43.9 Å². The van der Waals surface area contributed by atoms with E-state index in [1.807, 2.05) is 20.8 Å². The van der Waals surface area contributed by atoms with Gasteiger partial charge < -0.3 is 19.9 Å². The standard InChI is InChI=1S/C15H19N5O4/c1-4-8-10-11(24-15(2,3)23-10)14(22-8)20-13-9(7(5-21)19-20)12(16)17-6-18-13/h5-6,8,10-11,14H,4H2,1-3H3,(H2,16,17,18)/t8-,10-,11-,14-/m1/s1. The molecular weight excluding hydrogens is 314 g/mol. The zero-order valence-electron chi connectivity index (χ0n) is 13.7. The summed E-state index contributed by atoms with van der Waals surface area (Å²) in [6.45, 7) is 5.76. The largest absolute Gasteiger partial charge is 0.383 e. The molecule has 0 spiro atoms. The highest BCUT2D eigenvalue weighted by molar-refractivity contribution is 5.99. The van der Waals surface area contributed by atoms with Crippen molar-refractivity contribution in [1.82, 2.24) is 19.7 Å². The summed E-state index contributed by atoms with van der Waals surface area (Å²) < 4.78 is 19.7. The smallest absolute Gasteiger partial charge is 0.181 e. The molecule has 0 bridgehead atoms. The maximum atomic E-state index is 11.4. The number of carbonyl (C=O) groups excluding carboxylic acids is 1. The number of nitrogen functional groups attached to an aromatic ring is 1. The van der Waals surface area contributed by atoms with Crippen molar-refractivity contribution in [3.8, 4) is 0 Å². The quantitative estimate of drug-likeness (QED) is 0.829. The monoisotopic (exact) mass is 333 g/mol. The maximum Gasteiger partial charge on any atom is 0.181 e. The highest BCUT2D eigenvalue weighted by Crippen LogP contribution is 2.44. The van der Waals surface area contributed by atoms with E-state index in [2.05, 4.69) is 15.1 Å². The molecule has 4 atom stereocenters. The average molecular weight is 333 g/mol. The van der Waals surface area contributed by atoms with Crippen LogP contribution in [0.4, 0.5) is 5.82 Å². The van der Waals surface area contributed by atoms with Gasteiger partial charge in [-0.2, -0.15) is 5.10 Å². The van der Waals surface area contributed by atoms with Crippen molar-refractivity contribution < 1.29 is 19.0 Å². The number of hydrogen-bond donors (Lipinski definition) is 1. The normalized spacial score (nSPS) is 31.5. The number of anilines is 1. The molecule has 9 nitrogen and oxygen atoms in total. The molecule has 128 valence electrons. The Morgan fingerprint density at radius 3 is 2.79 bits per heavy atom. The van der Waals surface area contributed by atoms with Crippen molar-refractivity contribution in [3.63, 3.8) is 0 Å². The van der Waals surface area contributed by atoms with E-state index in [0.717, 1.165) is 6.42 Å². The predicted molar refractivity (Wildman–Crippen MR) is 83.1 cm³/mol. The van der Waals surface area contributed by atoms with Crippen LogP contribution in [-0.4, -0.2) is 50.1 Å². The van der Waals surface area contributed by atoms with Crippen LogP contribution in [-0.2, 0) is 14.2 Å². The molecular formula is C15H19N5O4. The van der Waals surface area contributed by atoms with E-state index >= 15 is 0 Å². The number of fused-ring (bicyclic) bond motifs is 2. The second-order valence-electron chi connectivity index (χ2n) is 6.44. The lowest BCUT2D eigenvalue weighted by Crippen LogP contribution is -2.28. The Morgan fingerprint density at radius 2 is 2.08 bits per heavy atom. The van der Waals surface area contributed by atoms with E-state index in [1.54, 1.807) is 4.68 Å². The molecule has 4 heterocycles. The first-order valence-electron chi connectivity index (χ1n) is 7.90. The fraction of sp³-hybridized carbons (Fsp3) is 0.600. The predicted octanol–water partition coefficient (Wildman–Crippen LogP) is 1.05. The van der Waals surface area contributed by atoms with Crippen molar-refractivity contribution in [3.05, 3.63) is 12.0 Å². The van der Waals surface area contributed by atoms with Crippen LogP contribution in [0.15, 0.2) is 6.33 Å². The molecule has 0 radical (unpaired) electrons. The summed E-state index contributed by atoms with van der Waals surface area (Å²) in [6.07, 6.45) is 1.53. The molecule has 0 amide bonds. The van der Waals surface area contributed by atoms with Crippen molar-refractivity contribution >= 4 is 23.1 Å². The van der Waals surface area contributed by atoms with Gasteiger partial charge in [-0.05, 0) is 20.3 Å². The number of ether oxygens (including phenoxy) is 3. The highest BCUT2D eigenvalue weighted by atomic mass is 16.8. The number of hydrogen-bond acceptors (Lipinski definition) is 8. The van der Waals surface area contributed by atoms with Gasteiger partial charge in [0.25, 0.3) is 0 Å². The first-order valence-corrected chi connectivity index (χ1v) is 7.90. The summed E-state index contributed by atoms with van der Waals surface area (Å²) in [4.78, 5) is 19.5. The Morgan fingerprint density at radius 1 is 1.33 bits per heavy atom. The van der Waals surface area contributed by atoms with E-state index in [1.165, 1.54) is 6.33 Å². The van der Waals surface area contributed by atoms with Gasteiger partial charge in [0, 0.05) is 0 Å². The molecule has 0 saturated carbocycles. The van der Waals surface area contributed by atoms with Crippen molar-refractivity contribution in [1.29, 1.82) is 0 Å². The first-order chi connectivity index (χ1) is 11.4. The van der Waals surface area contributed by atoms with Gasteiger partial charge in [-0.3, -0.25) is 4.79 Å². The summed E-state index contributed by atoms with van der Waals surface area (Å²) in [5, 5.41) is 4.76. The number of rotatable bonds is 3. The van der Waals surface area contributed by atoms with E-state index in [4.69, 9.17) is 19.9 Å². The zero-order valence-corrected chi connectivity index (χ0v) is 13.7. The van der Waals surface area contributed by atoms with Gasteiger partial charge in [-0.1, -0.05) is 6.92 Å². The van der Waals surface area contributed by atoms with Crippen LogP contribution in [0, 0.1) is 0 Å². The lowest BCUT2D eigenvalue weighted by molar-refractivity contribution is -0.197. The molecule has 24 heavy (non-hydrogen) atoms. The Bertz CT molecular complexity index is 805. The topological polar surface area (TPSA) is 114 Å². The van der Waals surface area contributed by atoms with Gasteiger partial charge in [-0.25, -0.2) is 14.6 Å². The fourth-order valence-electron chi connectivity index (χ4n) is 3.47. The Labute approximate surface area is 138 Å². The molecule has 0 aromatic carbocycles. The second-order valence-corrected chi connectivity index (χ2v) is 6.44. The van der Waals surface area contributed by atoms with Crippen LogP contribution >= 0.6 is 0 Å². The first kappa shape index (κ1) is 15.4. The van der Waals surface area contributed by atoms with Crippen molar-refractivity contribution in [2.45, 2.75) is 57.5 Å². The van der Waals surface area contributed by atoms with Crippen molar-refractivity contribution in [2.24, 2.45) is 0 Å². The van der Waals surface area contributed by atoms with Crippen molar-refractivity contribution in [2.75, 3.05) is 5.73 Å². The SMILES string of the molecule is CC[C@H]1O[C@@H](n2nc(C=O)c3c(N)ncnc32)[C@@H]2OC(C)(C)O[C@@H]21. The van der Waals surface area contributed by atoms with E-state index in [0.29, 0.717) is 17.3 Å². The highest BCUT2D eigenvalue weighted by Gasteiger charge is 2.56. The summed E-state index contributed by atoms with van der Waals surface area (Å²) in [6, 6.07) is 0. The van der Waals surface area contributed by atoms with Gasteiger partial charge in [0.05, 0.1) is 11.5 Å². The Kier molecular flexibility index (Phi) is 3.34. The maximum absolute atomic E-state index is 11.4. The summed E-state index contributed by atoms with van der Waals surface area (Å²) in [5.41, 5.74) is 6.51. The minimum Gasteiger partial charge on any atom is -0.383 e. The van der Waals surface area contributed by atoms with Crippen LogP contribution in [0.3, 0.4) is 0 Å². The van der Waals surface area contributed by atoms with Gasteiger partial charge in [0.1, 0.15) is 30.0 Å². The number of nitrogens with two attached hydrogens (primary N) is 1. The van der Waals surface area contributed by atoms with Crippen LogP contribution in [0.25, 0.3) is 11.0 Å². The average Bonchev–Trinajstić information content (AvgIpc) is 3.16. The summed E-state index contributed by atoms with van der Waals surface area (Å²) in [5.74, 6) is -0.492. The molecule has 2 saturated heterocycles. The second kappa shape index (κ2) is 5.20. The minimum absolute atomic E-state index is 0.125. The van der Waals surface area contributed by atoms with E-state index in [9.17, 15) is 4.79 Å².